The summed E-state index contributed by atoms with van der Waals surface area (Å²) in [5, 5.41) is 96.1. The molecule has 2 aliphatic rings. The molecular weight excluding hydrogens is 1310 g/mol. The molecule has 0 saturated heterocycles. The molecule has 0 heterocycles. The van der Waals surface area contributed by atoms with E-state index in [1.165, 1.54) is 49.5 Å². The second-order valence-electron chi connectivity index (χ2n) is 23.6. The quantitative estimate of drug-likeness (QED) is 0.0105. The Labute approximate surface area is 616 Å². The second-order valence-corrected chi connectivity index (χ2v) is 25.9. The fraction of sp³-hybridized carbons (Fsp3) is 0.441. The van der Waals surface area contributed by atoms with E-state index in [0.29, 0.717) is 47.0 Å². The minimum Gasteiger partial charge on any atom is -0.870 e. The van der Waals surface area contributed by atoms with Crippen molar-refractivity contribution >= 4 is 76.9 Å². The van der Waals surface area contributed by atoms with Crippen molar-refractivity contribution in [1.29, 1.82) is 0 Å². The van der Waals surface area contributed by atoms with Crippen LogP contribution in [-0.2, 0) is 33.4 Å². The van der Waals surface area contributed by atoms with Crippen molar-refractivity contribution in [3.05, 3.63) is 150 Å². The van der Waals surface area contributed by atoms with Gasteiger partial charge in [-0.15, -0.1) is 0 Å². The van der Waals surface area contributed by atoms with Crippen molar-refractivity contribution in [1.82, 2.24) is 26.6 Å². The summed E-state index contributed by atoms with van der Waals surface area (Å²) >= 11 is 2.80. The van der Waals surface area contributed by atoms with Crippen LogP contribution in [0, 0.1) is 11.8 Å². The maximum absolute atomic E-state index is 13.0. The maximum Gasteiger partial charge on any atom is 1.00 e. The summed E-state index contributed by atoms with van der Waals surface area (Å²) in [5.74, 6) is -5.38. The Kier molecular flexibility index (Phi) is 35.6. The molecule has 514 valence electrons. The third-order valence-corrected chi connectivity index (χ3v) is 18.8. The molecule has 0 aromatic heterocycles. The maximum atomic E-state index is 13.0. The SMILES string of the molecule is CC(=O)N[C@H]1[C@H]([C@H](O)[C@H](O)CNC(=O)c2ccc(-c3ccccc3)cc2)C[C@]([C-]=O)(OCCCSCCNC(=O)c2ccc(NC(=O)C(N)CSCCCO[C@@]3(C(=O)[O-])C[C@@H]([C@H](O)[C@H](O)CNC(=O)c4ccc(-c5ccccc5)cc4)[C@H](NC(C)=O)[C@@H](O)C3)cc2)C[C@@H]1O.[Na+].[Na+].[OH-]. The summed E-state index contributed by atoms with van der Waals surface area (Å²) in [4.78, 5) is 102. The molecular formula is C68H84N7Na2O18S2-. The average molecular weight is 1400 g/mol. The van der Waals surface area contributed by atoms with E-state index < -0.39 is 133 Å². The number of aliphatic hydroxyl groups excluding tert-OH is 6. The number of amides is 6. The summed E-state index contributed by atoms with van der Waals surface area (Å²) in [6, 6.07) is 35.7. The van der Waals surface area contributed by atoms with Gasteiger partial charge in [-0.1, -0.05) is 84.9 Å². The van der Waals surface area contributed by atoms with Gasteiger partial charge in [0.05, 0.1) is 60.7 Å². The van der Waals surface area contributed by atoms with Gasteiger partial charge in [0.15, 0.2) is 0 Å². The van der Waals surface area contributed by atoms with Gasteiger partial charge >= 0.3 is 59.1 Å². The largest absolute Gasteiger partial charge is 1.00 e. The van der Waals surface area contributed by atoms with E-state index in [2.05, 4.69) is 31.9 Å². The number of anilines is 1. The van der Waals surface area contributed by atoms with Gasteiger partial charge in [0, 0.05) is 98.8 Å². The predicted molar refractivity (Wildman–Crippen MR) is 354 cm³/mol. The van der Waals surface area contributed by atoms with Crippen LogP contribution >= 0.6 is 23.5 Å². The molecule has 2 saturated carbocycles. The number of hydrogen-bond donors (Lipinski definition) is 13. The molecule has 97 heavy (non-hydrogen) atoms. The van der Waals surface area contributed by atoms with Gasteiger partial charge in [0.2, 0.25) is 17.7 Å². The monoisotopic (exact) mass is 1400 g/mol. The molecule has 1 unspecified atom stereocenters. The number of carbonyl (C=O) groups is 7. The number of benzene rings is 5. The van der Waals surface area contributed by atoms with Crippen molar-refractivity contribution in [3.63, 3.8) is 0 Å². The minimum absolute atomic E-state index is 0. The fourth-order valence-corrected chi connectivity index (χ4v) is 13.3. The first-order chi connectivity index (χ1) is 45.0. The number of nitrogens with two attached hydrogens (primary N) is 1. The molecule has 0 spiro atoms. The number of aliphatic hydroxyl groups is 6. The first-order valence-electron chi connectivity index (χ1n) is 31.0. The zero-order chi connectivity index (χ0) is 68.0. The van der Waals surface area contributed by atoms with Gasteiger partial charge in [0.1, 0.15) is 5.60 Å². The number of rotatable bonds is 34. The van der Waals surface area contributed by atoms with Crippen LogP contribution in [0.25, 0.3) is 22.3 Å². The number of hydrogen-bond acceptors (Lipinski definition) is 21. The summed E-state index contributed by atoms with van der Waals surface area (Å²) < 4.78 is 11.9. The molecule has 0 radical (unpaired) electrons. The van der Waals surface area contributed by atoms with E-state index in [-0.39, 0.29) is 121 Å². The molecule has 0 aliphatic heterocycles. The van der Waals surface area contributed by atoms with Gasteiger partial charge < -0.3 is 97.9 Å². The molecule has 0 bridgehead atoms. The molecule has 29 heteroatoms. The van der Waals surface area contributed by atoms with E-state index >= 15 is 0 Å². The van der Waals surface area contributed by atoms with Crippen LogP contribution in [0.3, 0.4) is 0 Å². The molecule has 5 aromatic rings. The molecule has 5 aromatic carbocycles. The van der Waals surface area contributed by atoms with Gasteiger partial charge in [0.25, 0.3) is 17.7 Å². The first-order valence-corrected chi connectivity index (χ1v) is 33.3. The molecule has 2 aliphatic carbocycles. The average Bonchev–Trinajstić information content (AvgIpc) is 0.776. The zero-order valence-corrected chi connectivity index (χ0v) is 60.3. The van der Waals surface area contributed by atoms with Crippen molar-refractivity contribution in [2.45, 2.75) is 118 Å². The Hall–Kier alpha value is -5.64. The van der Waals surface area contributed by atoms with E-state index in [1.807, 2.05) is 66.9 Å². The van der Waals surface area contributed by atoms with Crippen LogP contribution in [0.1, 0.15) is 83.4 Å². The Balaban J connectivity index is 0.00000667. The third kappa shape index (κ3) is 24.6. The molecule has 13 atom stereocenters. The molecule has 2 fully saturated rings. The standard InChI is InChI=1S/C68H84N7O17S2.2Na.H2O/c1-41(77)73-58-51(60(83)56(81)37-71-63(86)47-19-15-45(16-20-47)43-11-5-3-6-12-43)33-67(40-76,35-54(58)79)91-28-9-30-93-32-27-70-62(85)49-23-25-50(26-24-49)75-65(88)53(69)39-94-31-10-29-92-68(66(89)90)34-52(59(55(80)36-68)74-42(2)78)61(84)57(82)38-72-64(87)48-21-17-46(18-22-48)44-13-7-4-8-14-44;;;/h3-8,11-26,51-61,79-84H,9-10,27-39,69H2,1-2H3,(H,70,85)(H,71,86)(H,72,87)(H,73,77)(H,74,78)(H,75,88)(H,89,90);;;1H2/q-1;2*+1;/p-2/t51-,52-,53?,54+,55+,56-,57-,58+,59+,60+,61+,67+,68+;;;/m1.../s1. The van der Waals surface area contributed by atoms with Crippen LogP contribution in [-0.4, -0.2) is 206 Å². The van der Waals surface area contributed by atoms with E-state index in [1.54, 1.807) is 60.7 Å². The topological polar surface area (TPSA) is 428 Å². The molecule has 15 N–H and O–H groups in total. The van der Waals surface area contributed by atoms with Gasteiger partial charge in [-0.2, -0.15) is 23.5 Å². The van der Waals surface area contributed by atoms with E-state index in [4.69, 9.17) is 15.2 Å². The van der Waals surface area contributed by atoms with Gasteiger partial charge in [-0.3, -0.25) is 28.8 Å². The zero-order valence-electron chi connectivity index (χ0n) is 54.7. The third-order valence-electron chi connectivity index (χ3n) is 16.6. The van der Waals surface area contributed by atoms with Gasteiger partial charge in [-0.05, 0) is 120 Å². The fourth-order valence-electron chi connectivity index (χ4n) is 11.6. The second kappa shape index (κ2) is 41.2. The number of nitrogens with one attached hydrogen (secondary N) is 6. The van der Waals surface area contributed by atoms with Gasteiger partial charge in [-0.25, -0.2) is 6.29 Å². The number of carbonyl (C=O) groups excluding carboxylic acids is 8. The normalized spacial score (nSPS) is 21.9. The van der Waals surface area contributed by atoms with Crippen molar-refractivity contribution in [2.75, 3.05) is 61.2 Å². The Morgan fingerprint density at radius 1 is 0.577 bits per heavy atom. The minimum atomic E-state index is -2.13. The van der Waals surface area contributed by atoms with Crippen molar-refractivity contribution in [3.8, 4) is 22.3 Å². The Morgan fingerprint density at radius 3 is 1.46 bits per heavy atom. The Bertz CT molecular complexity index is 3320. The van der Waals surface area contributed by atoms with Crippen LogP contribution in [0.5, 0.6) is 0 Å². The van der Waals surface area contributed by atoms with Crippen LogP contribution in [0.2, 0.25) is 0 Å². The van der Waals surface area contributed by atoms with Crippen LogP contribution < -0.4 is 102 Å². The smallest absolute Gasteiger partial charge is 0.870 e. The van der Waals surface area contributed by atoms with E-state index in [9.17, 15) is 74.1 Å². The number of aliphatic carboxylic acids is 1. The number of carboxylic acids is 1. The van der Waals surface area contributed by atoms with E-state index in [0.717, 1.165) is 22.3 Å². The summed E-state index contributed by atoms with van der Waals surface area (Å²) in [7, 11) is 0. The predicted octanol–water partition coefficient (Wildman–Crippen LogP) is -4.68. The Morgan fingerprint density at radius 2 is 1.00 bits per heavy atom. The van der Waals surface area contributed by atoms with Crippen molar-refractivity contribution in [2.24, 2.45) is 17.6 Å². The molecule has 7 rings (SSSR count). The summed E-state index contributed by atoms with van der Waals surface area (Å²) in [6.07, 6.45) is -8.25. The number of ether oxygens (including phenoxy) is 2. The molecule has 25 nitrogen and oxygen atoms in total. The van der Waals surface area contributed by atoms with Crippen LogP contribution in [0.15, 0.2) is 133 Å². The number of carboxylic acid groups (broad SMARTS) is 1. The first kappa shape index (κ1) is 83.8. The number of thioether (sulfide) groups is 2. The molecule has 6 amide bonds. The van der Waals surface area contributed by atoms with Crippen molar-refractivity contribution < 1.29 is 148 Å². The summed E-state index contributed by atoms with van der Waals surface area (Å²) in [6.45, 7) is 1.82. The van der Waals surface area contributed by atoms with Crippen LogP contribution in [0.4, 0.5) is 5.69 Å². The summed E-state index contributed by atoms with van der Waals surface area (Å²) in [5.41, 5.74) is 7.42.